The fourth-order valence-electron chi connectivity index (χ4n) is 1.69. The molecule has 0 aromatic rings. The summed E-state index contributed by atoms with van der Waals surface area (Å²) in [6.45, 7) is 6.01. The van der Waals surface area contributed by atoms with Crippen LogP contribution in [0.3, 0.4) is 0 Å². The molecule has 0 spiro atoms. The molecule has 2 amide bonds. The molecule has 98 valence electrons. The Morgan fingerprint density at radius 1 is 1.47 bits per heavy atom. The van der Waals surface area contributed by atoms with Crippen LogP contribution in [0.4, 0.5) is 0 Å². The summed E-state index contributed by atoms with van der Waals surface area (Å²) in [6.07, 6.45) is 2.87. The SMILES string of the molecule is CCCNC(=O)C(C)NC(=O)C(C)(N)C1CC1. The van der Waals surface area contributed by atoms with E-state index in [1.165, 1.54) is 0 Å². The fourth-order valence-corrected chi connectivity index (χ4v) is 1.69. The first-order valence-electron chi connectivity index (χ1n) is 6.27. The summed E-state index contributed by atoms with van der Waals surface area (Å²) < 4.78 is 0. The highest BCUT2D eigenvalue weighted by Gasteiger charge is 2.44. The van der Waals surface area contributed by atoms with E-state index in [0.717, 1.165) is 19.3 Å². The summed E-state index contributed by atoms with van der Waals surface area (Å²) in [6, 6.07) is -0.532. The number of rotatable bonds is 6. The molecule has 0 radical (unpaired) electrons. The lowest BCUT2D eigenvalue weighted by molar-refractivity contribution is -0.131. The highest BCUT2D eigenvalue weighted by atomic mass is 16.2. The van der Waals surface area contributed by atoms with Crippen molar-refractivity contribution in [2.75, 3.05) is 6.54 Å². The predicted octanol–water partition coefficient (Wildman–Crippen LogP) is 0.145. The van der Waals surface area contributed by atoms with Gasteiger partial charge in [-0.05, 0) is 39.0 Å². The third-order valence-corrected chi connectivity index (χ3v) is 3.20. The summed E-state index contributed by atoms with van der Waals surface area (Å²) in [5.74, 6) is -0.139. The van der Waals surface area contributed by atoms with Gasteiger partial charge in [-0.3, -0.25) is 9.59 Å². The average Bonchev–Trinajstić information content (AvgIpc) is 3.09. The topological polar surface area (TPSA) is 84.2 Å². The Labute approximate surface area is 103 Å². The first-order chi connectivity index (χ1) is 7.89. The van der Waals surface area contributed by atoms with Gasteiger partial charge in [0.05, 0.1) is 5.54 Å². The van der Waals surface area contributed by atoms with Crippen LogP contribution >= 0.6 is 0 Å². The number of nitrogens with two attached hydrogens (primary N) is 1. The van der Waals surface area contributed by atoms with Gasteiger partial charge in [0.15, 0.2) is 0 Å². The van der Waals surface area contributed by atoms with Gasteiger partial charge in [0.1, 0.15) is 6.04 Å². The van der Waals surface area contributed by atoms with Crippen LogP contribution in [-0.4, -0.2) is 29.9 Å². The maximum Gasteiger partial charge on any atom is 0.242 e. The largest absolute Gasteiger partial charge is 0.354 e. The van der Waals surface area contributed by atoms with E-state index in [1.54, 1.807) is 13.8 Å². The van der Waals surface area contributed by atoms with Crippen molar-refractivity contribution in [3.8, 4) is 0 Å². The van der Waals surface area contributed by atoms with Crippen LogP contribution in [0.1, 0.15) is 40.0 Å². The van der Waals surface area contributed by atoms with E-state index in [9.17, 15) is 9.59 Å². The highest BCUT2D eigenvalue weighted by molar-refractivity contribution is 5.91. The molecule has 0 aromatic carbocycles. The Morgan fingerprint density at radius 2 is 2.06 bits per heavy atom. The monoisotopic (exact) mass is 241 g/mol. The van der Waals surface area contributed by atoms with Crippen LogP contribution in [-0.2, 0) is 9.59 Å². The molecule has 1 aliphatic rings. The van der Waals surface area contributed by atoms with Crippen molar-refractivity contribution in [2.45, 2.75) is 51.6 Å². The van der Waals surface area contributed by atoms with Gasteiger partial charge in [-0.25, -0.2) is 0 Å². The summed E-state index contributed by atoms with van der Waals surface area (Å²) in [5, 5.41) is 5.41. The van der Waals surface area contributed by atoms with Gasteiger partial charge in [-0.2, -0.15) is 0 Å². The van der Waals surface area contributed by atoms with Crippen LogP contribution in [0.15, 0.2) is 0 Å². The number of carbonyl (C=O) groups is 2. The lowest BCUT2D eigenvalue weighted by Crippen LogP contribution is -2.57. The second-order valence-electron chi connectivity index (χ2n) is 5.04. The third-order valence-electron chi connectivity index (χ3n) is 3.20. The van der Waals surface area contributed by atoms with Gasteiger partial charge in [-0.15, -0.1) is 0 Å². The number of amides is 2. The van der Waals surface area contributed by atoms with Crippen molar-refractivity contribution in [3.63, 3.8) is 0 Å². The zero-order chi connectivity index (χ0) is 13.1. The summed E-state index contributed by atoms with van der Waals surface area (Å²) in [7, 11) is 0. The zero-order valence-corrected chi connectivity index (χ0v) is 10.9. The lowest BCUT2D eigenvalue weighted by atomic mass is 9.96. The summed E-state index contributed by atoms with van der Waals surface area (Å²) >= 11 is 0. The minimum Gasteiger partial charge on any atom is -0.354 e. The smallest absolute Gasteiger partial charge is 0.242 e. The lowest BCUT2D eigenvalue weighted by Gasteiger charge is -2.25. The molecule has 1 saturated carbocycles. The molecule has 2 atom stereocenters. The molecule has 1 rings (SSSR count). The van der Waals surface area contributed by atoms with Gasteiger partial charge in [-0.1, -0.05) is 6.92 Å². The summed E-state index contributed by atoms with van der Waals surface area (Å²) in [4.78, 5) is 23.5. The minimum atomic E-state index is -0.848. The Kier molecular flexibility index (Phi) is 4.51. The molecular weight excluding hydrogens is 218 g/mol. The Morgan fingerprint density at radius 3 is 2.53 bits per heavy atom. The number of hydrogen-bond donors (Lipinski definition) is 3. The van der Waals surface area contributed by atoms with Gasteiger partial charge in [0.2, 0.25) is 11.8 Å². The molecule has 2 unspecified atom stereocenters. The van der Waals surface area contributed by atoms with Gasteiger partial charge in [0, 0.05) is 6.54 Å². The minimum absolute atomic E-state index is 0.160. The standard InChI is InChI=1S/C12H23N3O2/c1-4-7-14-10(16)8(2)15-11(17)12(3,13)9-5-6-9/h8-9H,4-7,13H2,1-3H3,(H,14,16)(H,15,17). The Bertz CT molecular complexity index is 298. The van der Waals surface area contributed by atoms with Crippen molar-refractivity contribution in [2.24, 2.45) is 11.7 Å². The highest BCUT2D eigenvalue weighted by Crippen LogP contribution is 2.38. The zero-order valence-electron chi connectivity index (χ0n) is 10.9. The van der Waals surface area contributed by atoms with Crippen LogP contribution < -0.4 is 16.4 Å². The van der Waals surface area contributed by atoms with Gasteiger partial charge < -0.3 is 16.4 Å². The van der Waals surface area contributed by atoms with Crippen molar-refractivity contribution >= 4 is 11.8 Å². The molecule has 0 aromatic heterocycles. The second-order valence-corrected chi connectivity index (χ2v) is 5.04. The normalized spacial score (nSPS) is 20.2. The molecule has 4 N–H and O–H groups in total. The quantitative estimate of drug-likeness (QED) is 0.618. The molecule has 0 heterocycles. The fraction of sp³-hybridized carbons (Fsp3) is 0.833. The molecule has 0 bridgehead atoms. The maximum atomic E-state index is 11.9. The van der Waals surface area contributed by atoms with Crippen molar-refractivity contribution in [1.82, 2.24) is 10.6 Å². The molecule has 1 aliphatic carbocycles. The number of hydrogen-bond acceptors (Lipinski definition) is 3. The van der Waals surface area contributed by atoms with Crippen LogP contribution in [0.5, 0.6) is 0 Å². The van der Waals surface area contributed by atoms with Crippen LogP contribution in [0.2, 0.25) is 0 Å². The number of nitrogens with one attached hydrogen (secondary N) is 2. The maximum absolute atomic E-state index is 11.9. The van der Waals surface area contributed by atoms with Gasteiger partial charge >= 0.3 is 0 Å². The molecule has 1 fully saturated rings. The third kappa shape index (κ3) is 3.70. The molecule has 5 heteroatoms. The van der Waals surface area contributed by atoms with E-state index in [2.05, 4.69) is 10.6 Å². The van der Waals surface area contributed by atoms with Crippen molar-refractivity contribution in [1.29, 1.82) is 0 Å². The predicted molar refractivity (Wildman–Crippen MR) is 66.2 cm³/mol. The molecule has 0 aliphatic heterocycles. The van der Waals surface area contributed by atoms with E-state index >= 15 is 0 Å². The van der Waals surface area contributed by atoms with Crippen molar-refractivity contribution < 1.29 is 9.59 Å². The number of carbonyl (C=O) groups excluding carboxylic acids is 2. The molecular formula is C12H23N3O2. The van der Waals surface area contributed by atoms with E-state index in [1.807, 2.05) is 6.92 Å². The Balaban J connectivity index is 2.42. The molecule has 5 nitrogen and oxygen atoms in total. The second kappa shape index (κ2) is 5.49. The Hall–Kier alpha value is -1.10. The van der Waals surface area contributed by atoms with E-state index < -0.39 is 11.6 Å². The first-order valence-corrected chi connectivity index (χ1v) is 6.27. The van der Waals surface area contributed by atoms with Crippen LogP contribution in [0, 0.1) is 5.92 Å². The van der Waals surface area contributed by atoms with Gasteiger partial charge in [0.25, 0.3) is 0 Å². The molecule has 17 heavy (non-hydrogen) atoms. The van der Waals surface area contributed by atoms with Crippen molar-refractivity contribution in [3.05, 3.63) is 0 Å². The molecule has 0 saturated heterocycles. The van der Waals surface area contributed by atoms with E-state index in [-0.39, 0.29) is 17.7 Å². The summed E-state index contributed by atoms with van der Waals surface area (Å²) in [5.41, 5.74) is 5.12. The van der Waals surface area contributed by atoms with E-state index in [4.69, 9.17) is 5.73 Å². The first kappa shape index (κ1) is 14.0. The average molecular weight is 241 g/mol. The van der Waals surface area contributed by atoms with Crippen LogP contribution in [0.25, 0.3) is 0 Å². The van der Waals surface area contributed by atoms with E-state index in [0.29, 0.717) is 6.54 Å².